The average Bonchev–Trinajstić information content (AvgIpc) is 3.24. The van der Waals surface area contributed by atoms with E-state index in [0.717, 1.165) is 5.56 Å². The minimum absolute atomic E-state index is 0.145. The van der Waals surface area contributed by atoms with Crippen LogP contribution in [-0.2, 0) is 4.79 Å². The molecule has 33 heavy (non-hydrogen) atoms. The van der Waals surface area contributed by atoms with Gasteiger partial charge in [0.05, 0.1) is 11.3 Å². The molecule has 0 saturated heterocycles. The van der Waals surface area contributed by atoms with Crippen molar-refractivity contribution in [3.8, 4) is 17.1 Å². The van der Waals surface area contributed by atoms with Gasteiger partial charge < -0.3 is 5.32 Å². The van der Waals surface area contributed by atoms with Crippen LogP contribution in [0.3, 0.4) is 0 Å². The van der Waals surface area contributed by atoms with Gasteiger partial charge in [0.1, 0.15) is 11.6 Å². The van der Waals surface area contributed by atoms with Gasteiger partial charge in [0.25, 0.3) is 0 Å². The van der Waals surface area contributed by atoms with Gasteiger partial charge in [-0.3, -0.25) is 9.36 Å². The van der Waals surface area contributed by atoms with Crippen molar-refractivity contribution < 1.29 is 13.6 Å². The summed E-state index contributed by atoms with van der Waals surface area (Å²) < 4.78 is 28.7. The lowest BCUT2D eigenvalue weighted by Crippen LogP contribution is -2.33. The van der Waals surface area contributed by atoms with Crippen LogP contribution in [0.4, 0.5) is 8.78 Å². The second-order valence-electron chi connectivity index (χ2n) is 7.53. The van der Waals surface area contributed by atoms with E-state index in [4.69, 9.17) is 0 Å². The molecule has 0 aliphatic carbocycles. The van der Waals surface area contributed by atoms with Crippen molar-refractivity contribution in [2.45, 2.75) is 30.3 Å². The number of halogens is 2. The fourth-order valence-corrected chi connectivity index (χ4v) is 4.20. The summed E-state index contributed by atoms with van der Waals surface area (Å²) in [6.07, 6.45) is 0. The molecule has 0 aliphatic heterocycles. The molecule has 0 saturated carbocycles. The van der Waals surface area contributed by atoms with E-state index in [1.165, 1.54) is 36.0 Å². The van der Waals surface area contributed by atoms with Gasteiger partial charge in [-0.05, 0) is 67.9 Å². The molecule has 2 unspecified atom stereocenters. The molecule has 0 fully saturated rings. The molecule has 4 aromatic rings. The summed E-state index contributed by atoms with van der Waals surface area (Å²) in [6.45, 7) is 3.72. The van der Waals surface area contributed by atoms with Crippen molar-refractivity contribution in [1.29, 1.82) is 0 Å². The van der Waals surface area contributed by atoms with Gasteiger partial charge >= 0.3 is 0 Å². The summed E-state index contributed by atoms with van der Waals surface area (Å²) in [5.41, 5.74) is 2.29. The standard InChI is InChI=1S/C25H22F2N4OS/c1-16(18-6-4-3-5-7-18)28-24(32)17(2)33-25-30-29-23(19-8-10-20(26)11-9-19)31(25)22-14-12-21(27)13-15-22/h3-17H,1-2H3,(H,28,32). The molecule has 5 nitrogen and oxygen atoms in total. The van der Waals surface area contributed by atoms with Crippen LogP contribution < -0.4 is 5.32 Å². The monoisotopic (exact) mass is 464 g/mol. The van der Waals surface area contributed by atoms with E-state index in [1.807, 2.05) is 37.3 Å². The lowest BCUT2D eigenvalue weighted by atomic mass is 10.1. The smallest absolute Gasteiger partial charge is 0.233 e. The first-order valence-corrected chi connectivity index (χ1v) is 11.3. The lowest BCUT2D eigenvalue weighted by Gasteiger charge is -2.18. The van der Waals surface area contributed by atoms with Crippen molar-refractivity contribution in [2.75, 3.05) is 0 Å². The number of benzene rings is 3. The second-order valence-corrected chi connectivity index (χ2v) is 8.83. The highest BCUT2D eigenvalue weighted by Gasteiger charge is 2.23. The molecule has 168 valence electrons. The quantitative estimate of drug-likeness (QED) is 0.363. The molecule has 0 radical (unpaired) electrons. The van der Waals surface area contributed by atoms with Crippen LogP contribution >= 0.6 is 11.8 Å². The molecule has 1 N–H and O–H groups in total. The number of carbonyl (C=O) groups excluding carboxylic acids is 1. The van der Waals surface area contributed by atoms with E-state index in [9.17, 15) is 13.6 Å². The maximum absolute atomic E-state index is 13.5. The average molecular weight is 465 g/mol. The van der Waals surface area contributed by atoms with Gasteiger partial charge in [0, 0.05) is 11.3 Å². The number of rotatable bonds is 7. The van der Waals surface area contributed by atoms with Crippen LogP contribution in [0.25, 0.3) is 17.1 Å². The number of nitrogens with zero attached hydrogens (tertiary/aromatic N) is 3. The van der Waals surface area contributed by atoms with Crippen molar-refractivity contribution in [2.24, 2.45) is 0 Å². The minimum atomic E-state index is -0.472. The molecular formula is C25H22F2N4OS. The molecule has 2 atom stereocenters. The Hall–Kier alpha value is -3.52. The third-order valence-corrected chi connectivity index (χ3v) is 6.17. The maximum atomic E-state index is 13.5. The van der Waals surface area contributed by atoms with E-state index in [2.05, 4.69) is 15.5 Å². The number of aromatic nitrogens is 3. The lowest BCUT2D eigenvalue weighted by molar-refractivity contribution is -0.120. The van der Waals surface area contributed by atoms with Crippen LogP contribution in [0, 0.1) is 11.6 Å². The molecule has 1 aromatic heterocycles. The predicted octanol–water partition coefficient (Wildman–Crippen LogP) is 5.57. The van der Waals surface area contributed by atoms with Crippen molar-refractivity contribution in [1.82, 2.24) is 20.1 Å². The first-order chi connectivity index (χ1) is 15.9. The van der Waals surface area contributed by atoms with Crippen LogP contribution in [0.15, 0.2) is 84.0 Å². The van der Waals surface area contributed by atoms with Gasteiger partial charge in [-0.25, -0.2) is 8.78 Å². The third kappa shape index (κ3) is 5.28. The van der Waals surface area contributed by atoms with Crippen LogP contribution in [-0.4, -0.2) is 25.9 Å². The Balaban J connectivity index is 1.61. The highest BCUT2D eigenvalue weighted by Crippen LogP contribution is 2.30. The third-order valence-electron chi connectivity index (χ3n) is 5.13. The van der Waals surface area contributed by atoms with Gasteiger partial charge in [-0.15, -0.1) is 10.2 Å². The van der Waals surface area contributed by atoms with Gasteiger partial charge in [0.15, 0.2) is 11.0 Å². The first-order valence-electron chi connectivity index (χ1n) is 10.4. The molecule has 0 spiro atoms. The Bertz CT molecular complexity index is 1230. The zero-order valence-electron chi connectivity index (χ0n) is 18.1. The number of hydrogen-bond donors (Lipinski definition) is 1. The second kappa shape index (κ2) is 9.95. The van der Waals surface area contributed by atoms with Crippen LogP contribution in [0.2, 0.25) is 0 Å². The molecule has 0 aliphatic rings. The number of amides is 1. The van der Waals surface area contributed by atoms with Crippen LogP contribution in [0.5, 0.6) is 0 Å². The normalized spacial score (nSPS) is 12.8. The van der Waals surface area contributed by atoms with Crippen LogP contribution in [0.1, 0.15) is 25.5 Å². The Morgan fingerprint density at radius 3 is 2.12 bits per heavy atom. The van der Waals surface area contributed by atoms with Crippen molar-refractivity contribution in [3.63, 3.8) is 0 Å². The highest BCUT2D eigenvalue weighted by molar-refractivity contribution is 8.00. The summed E-state index contributed by atoms with van der Waals surface area (Å²) >= 11 is 1.24. The number of thioether (sulfide) groups is 1. The topological polar surface area (TPSA) is 59.8 Å². The molecule has 4 rings (SSSR count). The molecule has 8 heteroatoms. The summed E-state index contributed by atoms with van der Waals surface area (Å²) in [5, 5.41) is 11.6. The summed E-state index contributed by atoms with van der Waals surface area (Å²) in [5.74, 6) is -0.409. The number of nitrogens with one attached hydrogen (secondary N) is 1. The highest BCUT2D eigenvalue weighted by atomic mass is 32.2. The fraction of sp³-hybridized carbons (Fsp3) is 0.160. The maximum Gasteiger partial charge on any atom is 0.233 e. The number of carbonyl (C=O) groups is 1. The first kappa shape index (κ1) is 22.7. The zero-order chi connectivity index (χ0) is 23.4. The van der Waals surface area contributed by atoms with E-state index < -0.39 is 5.25 Å². The number of hydrogen-bond acceptors (Lipinski definition) is 4. The zero-order valence-corrected chi connectivity index (χ0v) is 18.9. The van der Waals surface area contributed by atoms with Gasteiger partial charge in [-0.2, -0.15) is 0 Å². The Labute approximate surface area is 194 Å². The van der Waals surface area contributed by atoms with Crippen molar-refractivity contribution in [3.05, 3.63) is 96.1 Å². The van der Waals surface area contributed by atoms with Gasteiger partial charge in [-0.1, -0.05) is 42.1 Å². The molecule has 1 heterocycles. The van der Waals surface area contributed by atoms with E-state index in [0.29, 0.717) is 22.2 Å². The largest absolute Gasteiger partial charge is 0.349 e. The van der Waals surface area contributed by atoms with Gasteiger partial charge in [0.2, 0.25) is 5.91 Å². The van der Waals surface area contributed by atoms with Crippen molar-refractivity contribution >= 4 is 17.7 Å². The molecular weight excluding hydrogens is 442 g/mol. The predicted molar refractivity (Wildman–Crippen MR) is 125 cm³/mol. The fourth-order valence-electron chi connectivity index (χ4n) is 3.32. The van der Waals surface area contributed by atoms with E-state index in [-0.39, 0.29) is 23.6 Å². The SMILES string of the molecule is CC(Sc1nnc(-c2ccc(F)cc2)n1-c1ccc(F)cc1)C(=O)NC(C)c1ccccc1. The summed E-state index contributed by atoms with van der Waals surface area (Å²) in [6, 6.07) is 21.4. The summed E-state index contributed by atoms with van der Waals surface area (Å²) in [4.78, 5) is 12.9. The Morgan fingerprint density at radius 1 is 0.879 bits per heavy atom. The van der Waals surface area contributed by atoms with E-state index in [1.54, 1.807) is 35.8 Å². The molecule has 0 bridgehead atoms. The summed E-state index contributed by atoms with van der Waals surface area (Å²) in [7, 11) is 0. The van der Waals surface area contributed by atoms with E-state index >= 15 is 0 Å². The molecule has 3 aromatic carbocycles. The Kier molecular flexibility index (Phi) is 6.84. The molecule has 1 amide bonds. The minimum Gasteiger partial charge on any atom is -0.349 e. The Morgan fingerprint density at radius 2 is 1.48 bits per heavy atom.